The topological polar surface area (TPSA) is 49.2 Å². The lowest BCUT2D eigenvalue weighted by Gasteiger charge is -2.35. The second-order valence-electron chi connectivity index (χ2n) is 7.42. The maximum Gasteiger partial charge on any atom is 0.147 e. The molecule has 0 N–H and O–H groups in total. The Hall–Kier alpha value is -2.03. The average Bonchev–Trinajstić information content (AvgIpc) is 2.67. The number of nitrogens with zero attached hydrogens (tertiary/aromatic N) is 3. The van der Waals surface area contributed by atoms with Crippen LogP contribution in [0.4, 0.5) is 5.82 Å². The van der Waals surface area contributed by atoms with Crippen molar-refractivity contribution in [1.82, 2.24) is 4.98 Å². The molecule has 4 rings (SSSR count). The molecule has 1 aromatic carbocycles. The van der Waals surface area contributed by atoms with E-state index in [0.717, 1.165) is 47.9 Å². The van der Waals surface area contributed by atoms with E-state index in [1.54, 1.807) is 0 Å². The number of morpholine rings is 1. The molecule has 0 atom stereocenters. The standard InChI is InChI=1S/C21H23N3OS/c1-21(2)12-16-17(13-22)20(24-8-10-25-11-9-24)23-19(18(16)14-26-21)15-6-4-3-5-7-15/h3-7H,8-12,14H2,1-2H3. The first-order valence-electron chi connectivity index (χ1n) is 9.07. The molecular weight excluding hydrogens is 342 g/mol. The van der Waals surface area contributed by atoms with E-state index in [0.29, 0.717) is 13.2 Å². The summed E-state index contributed by atoms with van der Waals surface area (Å²) in [6.45, 7) is 7.47. The summed E-state index contributed by atoms with van der Waals surface area (Å²) < 4.78 is 5.63. The maximum atomic E-state index is 9.98. The molecule has 2 aliphatic rings. The summed E-state index contributed by atoms with van der Waals surface area (Å²) in [6, 6.07) is 12.8. The third-order valence-electron chi connectivity index (χ3n) is 5.07. The Morgan fingerprint density at radius 1 is 1.15 bits per heavy atom. The van der Waals surface area contributed by atoms with E-state index in [2.05, 4.69) is 49.1 Å². The number of rotatable bonds is 2. The Labute approximate surface area is 159 Å². The predicted octanol–water partition coefficient (Wildman–Crippen LogP) is 4.02. The fourth-order valence-electron chi connectivity index (χ4n) is 3.71. The van der Waals surface area contributed by atoms with Crippen LogP contribution in [-0.4, -0.2) is 36.0 Å². The first-order chi connectivity index (χ1) is 12.6. The molecule has 1 fully saturated rings. The normalized spacial score (nSPS) is 18.9. The van der Waals surface area contributed by atoms with Gasteiger partial charge in [-0.25, -0.2) is 4.98 Å². The minimum Gasteiger partial charge on any atom is -0.378 e. The van der Waals surface area contributed by atoms with Gasteiger partial charge in [0.15, 0.2) is 0 Å². The van der Waals surface area contributed by atoms with Crippen LogP contribution in [-0.2, 0) is 16.9 Å². The van der Waals surface area contributed by atoms with Gasteiger partial charge in [0.1, 0.15) is 11.9 Å². The summed E-state index contributed by atoms with van der Waals surface area (Å²) in [5.74, 6) is 1.73. The predicted molar refractivity (Wildman–Crippen MR) is 106 cm³/mol. The average molecular weight is 366 g/mol. The van der Waals surface area contributed by atoms with Crippen molar-refractivity contribution in [3.05, 3.63) is 47.0 Å². The SMILES string of the molecule is CC1(C)Cc2c(C#N)c(N3CCOCC3)nc(-c3ccccc3)c2CS1. The number of fused-ring (bicyclic) bond motifs is 1. The van der Waals surface area contributed by atoms with E-state index in [1.165, 1.54) is 11.1 Å². The molecule has 0 bridgehead atoms. The van der Waals surface area contributed by atoms with Crippen LogP contribution in [0.25, 0.3) is 11.3 Å². The highest BCUT2D eigenvalue weighted by Crippen LogP contribution is 2.44. The van der Waals surface area contributed by atoms with Crippen molar-refractivity contribution >= 4 is 17.6 Å². The zero-order valence-electron chi connectivity index (χ0n) is 15.3. The molecule has 4 nitrogen and oxygen atoms in total. The van der Waals surface area contributed by atoms with Crippen molar-refractivity contribution in [2.24, 2.45) is 0 Å². The van der Waals surface area contributed by atoms with E-state index in [1.807, 2.05) is 17.8 Å². The van der Waals surface area contributed by atoms with Crippen LogP contribution in [0.15, 0.2) is 30.3 Å². The van der Waals surface area contributed by atoms with Crippen molar-refractivity contribution in [2.75, 3.05) is 31.2 Å². The van der Waals surface area contributed by atoms with Gasteiger partial charge in [0.2, 0.25) is 0 Å². The number of hydrogen-bond acceptors (Lipinski definition) is 5. The van der Waals surface area contributed by atoms with Crippen molar-refractivity contribution in [1.29, 1.82) is 5.26 Å². The third kappa shape index (κ3) is 3.20. The molecule has 0 unspecified atom stereocenters. The summed E-state index contributed by atoms with van der Waals surface area (Å²) in [5.41, 5.74) is 5.34. The van der Waals surface area contributed by atoms with Gasteiger partial charge in [-0.15, -0.1) is 0 Å². The number of anilines is 1. The second-order valence-corrected chi connectivity index (χ2v) is 9.10. The van der Waals surface area contributed by atoms with Crippen molar-refractivity contribution in [3.8, 4) is 17.3 Å². The highest BCUT2D eigenvalue weighted by Gasteiger charge is 2.33. The number of hydrogen-bond donors (Lipinski definition) is 0. The number of ether oxygens (including phenoxy) is 1. The molecule has 0 saturated carbocycles. The minimum atomic E-state index is 0.135. The maximum absolute atomic E-state index is 9.98. The van der Waals surface area contributed by atoms with Gasteiger partial charge < -0.3 is 9.64 Å². The largest absolute Gasteiger partial charge is 0.378 e. The van der Waals surface area contributed by atoms with Gasteiger partial charge in [0.25, 0.3) is 0 Å². The van der Waals surface area contributed by atoms with Crippen LogP contribution in [0, 0.1) is 11.3 Å². The Morgan fingerprint density at radius 2 is 1.88 bits per heavy atom. The molecule has 0 spiro atoms. The van der Waals surface area contributed by atoms with E-state index < -0.39 is 0 Å². The molecule has 2 aliphatic heterocycles. The number of aromatic nitrogens is 1. The van der Waals surface area contributed by atoms with Crippen molar-refractivity contribution in [3.63, 3.8) is 0 Å². The monoisotopic (exact) mass is 365 g/mol. The molecule has 26 heavy (non-hydrogen) atoms. The first kappa shape index (κ1) is 17.4. The van der Waals surface area contributed by atoms with Gasteiger partial charge >= 0.3 is 0 Å². The first-order valence-corrected chi connectivity index (χ1v) is 10.1. The van der Waals surface area contributed by atoms with E-state index in [-0.39, 0.29) is 4.75 Å². The van der Waals surface area contributed by atoms with Crippen LogP contribution in [0.3, 0.4) is 0 Å². The molecule has 0 aliphatic carbocycles. The zero-order valence-corrected chi connectivity index (χ0v) is 16.1. The third-order valence-corrected chi connectivity index (χ3v) is 6.43. The molecule has 3 heterocycles. The molecule has 0 radical (unpaired) electrons. The number of pyridine rings is 1. The van der Waals surface area contributed by atoms with Crippen molar-refractivity contribution in [2.45, 2.75) is 30.8 Å². The van der Waals surface area contributed by atoms with Crippen molar-refractivity contribution < 1.29 is 4.74 Å². The second kappa shape index (κ2) is 6.94. The Bertz CT molecular complexity index is 852. The van der Waals surface area contributed by atoms with Crippen LogP contribution in [0.2, 0.25) is 0 Å². The van der Waals surface area contributed by atoms with E-state index in [9.17, 15) is 5.26 Å². The molecule has 2 aromatic rings. The quantitative estimate of drug-likeness (QED) is 0.804. The van der Waals surface area contributed by atoms with Gasteiger partial charge in [0, 0.05) is 29.2 Å². The highest BCUT2D eigenvalue weighted by atomic mass is 32.2. The number of nitriles is 1. The van der Waals surface area contributed by atoms with Crippen LogP contribution in [0.1, 0.15) is 30.5 Å². The van der Waals surface area contributed by atoms with Crippen LogP contribution < -0.4 is 4.90 Å². The van der Waals surface area contributed by atoms with Gasteiger partial charge in [-0.2, -0.15) is 17.0 Å². The summed E-state index contributed by atoms with van der Waals surface area (Å²) in [5, 5.41) is 9.98. The van der Waals surface area contributed by atoms with E-state index >= 15 is 0 Å². The lowest BCUT2D eigenvalue weighted by Crippen LogP contribution is -2.38. The summed E-state index contributed by atoms with van der Waals surface area (Å²) in [4.78, 5) is 7.24. The molecule has 0 amide bonds. The number of benzene rings is 1. The Morgan fingerprint density at radius 3 is 2.58 bits per heavy atom. The number of thioether (sulfide) groups is 1. The van der Waals surface area contributed by atoms with Gasteiger partial charge in [0.05, 0.1) is 24.5 Å². The molecule has 1 aromatic heterocycles. The fraction of sp³-hybridized carbons (Fsp3) is 0.429. The van der Waals surface area contributed by atoms with Gasteiger partial charge in [-0.05, 0) is 17.5 Å². The minimum absolute atomic E-state index is 0.135. The zero-order chi connectivity index (χ0) is 18.1. The summed E-state index contributed by atoms with van der Waals surface area (Å²) in [7, 11) is 0. The highest BCUT2D eigenvalue weighted by molar-refractivity contribution is 7.99. The summed E-state index contributed by atoms with van der Waals surface area (Å²) >= 11 is 1.95. The lowest BCUT2D eigenvalue weighted by atomic mass is 9.90. The Balaban J connectivity index is 1.93. The Kier molecular flexibility index (Phi) is 4.64. The summed E-state index contributed by atoms with van der Waals surface area (Å²) in [6.07, 6.45) is 0.898. The van der Waals surface area contributed by atoms with Gasteiger partial charge in [-0.1, -0.05) is 44.2 Å². The smallest absolute Gasteiger partial charge is 0.147 e. The van der Waals surface area contributed by atoms with Gasteiger partial charge in [-0.3, -0.25) is 0 Å². The molecule has 134 valence electrons. The molecule has 5 heteroatoms. The van der Waals surface area contributed by atoms with E-state index in [4.69, 9.17) is 9.72 Å². The lowest BCUT2D eigenvalue weighted by molar-refractivity contribution is 0.122. The van der Waals surface area contributed by atoms with Crippen LogP contribution in [0.5, 0.6) is 0 Å². The van der Waals surface area contributed by atoms with Crippen LogP contribution >= 0.6 is 11.8 Å². The molecular formula is C21H23N3OS. The fourth-order valence-corrected chi connectivity index (χ4v) is 4.80. The molecule has 1 saturated heterocycles.